The minimum Gasteiger partial charge on any atom is -0.370 e. The van der Waals surface area contributed by atoms with Gasteiger partial charge in [0.1, 0.15) is 11.9 Å². The third kappa shape index (κ3) is 4.92. The Balaban J connectivity index is 1.64. The summed E-state index contributed by atoms with van der Waals surface area (Å²) in [5, 5.41) is 6.04. The van der Waals surface area contributed by atoms with Crippen LogP contribution in [0.1, 0.15) is 87.0 Å². The zero-order valence-corrected chi connectivity index (χ0v) is 18.7. The van der Waals surface area contributed by atoms with Gasteiger partial charge in [-0.3, -0.25) is 9.59 Å². The summed E-state index contributed by atoms with van der Waals surface area (Å²) < 4.78 is 7.82. The van der Waals surface area contributed by atoms with Crippen molar-refractivity contribution in [3.8, 4) is 0 Å². The molecular weight excluding hydrogens is 392 g/mol. The summed E-state index contributed by atoms with van der Waals surface area (Å²) in [5.74, 6) is 1.19. The Labute approximate surface area is 183 Å². The first-order valence-corrected chi connectivity index (χ1v) is 11.8. The maximum absolute atomic E-state index is 13.0. The summed E-state index contributed by atoms with van der Waals surface area (Å²) in [5.41, 5.74) is 2.68. The van der Waals surface area contributed by atoms with Crippen LogP contribution in [0.2, 0.25) is 0 Å². The molecule has 1 aromatic heterocycles. The Morgan fingerprint density at radius 1 is 1.19 bits per heavy atom. The van der Waals surface area contributed by atoms with Gasteiger partial charge in [-0.15, -0.1) is 0 Å². The lowest BCUT2D eigenvalue weighted by Crippen LogP contribution is -2.25. The predicted molar refractivity (Wildman–Crippen MR) is 121 cm³/mol. The van der Waals surface area contributed by atoms with Gasteiger partial charge in [-0.25, -0.2) is 4.98 Å². The molecule has 1 saturated carbocycles. The molecule has 168 valence electrons. The molecular formula is C24H34N4O3. The summed E-state index contributed by atoms with van der Waals surface area (Å²) in [4.78, 5) is 30.5. The zero-order valence-electron chi connectivity index (χ0n) is 18.7. The Bertz CT molecular complexity index is 940. The van der Waals surface area contributed by atoms with Crippen LogP contribution in [0.25, 0.3) is 11.0 Å². The summed E-state index contributed by atoms with van der Waals surface area (Å²) in [6, 6.07) is 3.67. The number of benzene rings is 1. The van der Waals surface area contributed by atoms with Crippen molar-refractivity contribution in [2.45, 2.75) is 70.8 Å². The van der Waals surface area contributed by atoms with Crippen LogP contribution in [0.5, 0.6) is 0 Å². The lowest BCUT2D eigenvalue weighted by Gasteiger charge is -2.13. The first-order chi connectivity index (χ1) is 15.1. The molecule has 0 unspecified atom stereocenters. The molecule has 2 fully saturated rings. The number of imidazole rings is 1. The highest BCUT2D eigenvalue weighted by atomic mass is 16.5. The fraction of sp³-hybridized carbons (Fsp3) is 0.625. The third-order valence-electron chi connectivity index (χ3n) is 6.51. The molecule has 1 aliphatic carbocycles. The topological polar surface area (TPSA) is 85.2 Å². The first kappa shape index (κ1) is 21.8. The van der Waals surface area contributed by atoms with E-state index in [1.54, 1.807) is 6.07 Å². The van der Waals surface area contributed by atoms with Crippen molar-refractivity contribution in [3.05, 3.63) is 23.5 Å². The van der Waals surface area contributed by atoms with E-state index in [0.29, 0.717) is 35.7 Å². The molecule has 1 saturated heterocycles. The van der Waals surface area contributed by atoms with Gasteiger partial charge in [-0.1, -0.05) is 26.2 Å². The molecule has 1 atom stereocenters. The number of nitrogens with zero attached hydrogens (tertiary/aromatic N) is 2. The van der Waals surface area contributed by atoms with E-state index >= 15 is 0 Å². The van der Waals surface area contributed by atoms with E-state index in [4.69, 9.17) is 9.72 Å². The molecule has 0 radical (unpaired) electrons. The highest BCUT2D eigenvalue weighted by Gasteiger charge is 2.26. The quantitative estimate of drug-likeness (QED) is 0.610. The fourth-order valence-corrected chi connectivity index (χ4v) is 4.85. The Morgan fingerprint density at radius 3 is 2.71 bits per heavy atom. The van der Waals surface area contributed by atoms with E-state index in [9.17, 15) is 9.59 Å². The summed E-state index contributed by atoms with van der Waals surface area (Å²) >= 11 is 0. The van der Waals surface area contributed by atoms with Crippen LogP contribution >= 0.6 is 0 Å². The molecule has 2 N–H and O–H groups in total. The first-order valence-electron chi connectivity index (χ1n) is 11.8. The Hall–Kier alpha value is -2.41. The zero-order chi connectivity index (χ0) is 21.8. The van der Waals surface area contributed by atoms with E-state index < -0.39 is 0 Å². The maximum atomic E-state index is 13.0. The molecule has 0 spiro atoms. The Kier molecular flexibility index (Phi) is 6.90. The van der Waals surface area contributed by atoms with Crippen LogP contribution in [-0.4, -0.2) is 34.5 Å². The molecule has 1 aliphatic heterocycles. The number of aryl methyl sites for hydroxylation is 1. The molecule has 2 amide bonds. The minimum atomic E-state index is -0.132. The van der Waals surface area contributed by atoms with Crippen LogP contribution in [0.3, 0.4) is 0 Å². The highest BCUT2D eigenvalue weighted by Crippen LogP contribution is 2.33. The van der Waals surface area contributed by atoms with Gasteiger partial charge >= 0.3 is 0 Å². The van der Waals surface area contributed by atoms with Gasteiger partial charge in [-0.2, -0.15) is 0 Å². The largest absolute Gasteiger partial charge is 0.370 e. The van der Waals surface area contributed by atoms with Gasteiger partial charge < -0.3 is 19.9 Å². The molecule has 1 aromatic carbocycles. The smallest absolute Gasteiger partial charge is 0.253 e. The number of carbonyl (C=O) groups is 2. The molecule has 2 heterocycles. The molecule has 2 aromatic rings. The number of nitrogens with one attached hydrogen (secondary N) is 2. The van der Waals surface area contributed by atoms with Crippen molar-refractivity contribution in [1.82, 2.24) is 14.9 Å². The van der Waals surface area contributed by atoms with Crippen molar-refractivity contribution in [3.63, 3.8) is 0 Å². The standard InChI is InChI=1S/C24H34N4O3/c1-3-4-11-25-24(30)18-14-17(26-21(29)13-16-8-5-6-9-16)15-19-22(18)28(2)23(27-19)20-10-7-12-31-20/h14-16,20H,3-13H2,1-2H3,(H,25,30)(H,26,29)/t20-/m0/s1. The van der Waals surface area contributed by atoms with E-state index in [1.165, 1.54) is 12.8 Å². The van der Waals surface area contributed by atoms with Gasteiger partial charge in [0, 0.05) is 32.3 Å². The number of rotatable bonds is 8. The molecule has 0 bridgehead atoms. The van der Waals surface area contributed by atoms with Crippen LogP contribution < -0.4 is 10.6 Å². The van der Waals surface area contributed by atoms with Crippen molar-refractivity contribution in [2.75, 3.05) is 18.5 Å². The van der Waals surface area contributed by atoms with Gasteiger partial charge in [0.2, 0.25) is 5.91 Å². The monoisotopic (exact) mass is 426 g/mol. The number of carbonyl (C=O) groups excluding carboxylic acids is 2. The predicted octanol–water partition coefficient (Wildman–Crippen LogP) is 4.47. The molecule has 4 rings (SSSR count). The molecule has 7 heteroatoms. The van der Waals surface area contributed by atoms with E-state index in [-0.39, 0.29) is 17.9 Å². The number of aromatic nitrogens is 2. The van der Waals surface area contributed by atoms with E-state index in [2.05, 4.69) is 17.6 Å². The summed E-state index contributed by atoms with van der Waals surface area (Å²) in [6.45, 7) is 3.46. The second kappa shape index (κ2) is 9.81. The normalized spacial score (nSPS) is 19.2. The van der Waals surface area contributed by atoms with E-state index in [1.807, 2.05) is 17.7 Å². The number of anilines is 1. The van der Waals surface area contributed by atoms with Gasteiger partial charge in [0.05, 0.1) is 16.6 Å². The van der Waals surface area contributed by atoms with Crippen molar-refractivity contribution in [2.24, 2.45) is 13.0 Å². The lowest BCUT2D eigenvalue weighted by molar-refractivity contribution is -0.117. The molecule has 31 heavy (non-hydrogen) atoms. The maximum Gasteiger partial charge on any atom is 0.253 e. The number of ether oxygens (including phenoxy) is 1. The van der Waals surface area contributed by atoms with Crippen LogP contribution in [-0.2, 0) is 16.6 Å². The van der Waals surface area contributed by atoms with Crippen molar-refractivity contribution < 1.29 is 14.3 Å². The van der Waals surface area contributed by atoms with Crippen LogP contribution in [0.15, 0.2) is 12.1 Å². The second-order valence-electron chi connectivity index (χ2n) is 8.93. The molecule has 7 nitrogen and oxygen atoms in total. The average molecular weight is 427 g/mol. The van der Waals surface area contributed by atoms with Gasteiger partial charge in [0.15, 0.2) is 0 Å². The SMILES string of the molecule is CCCCNC(=O)c1cc(NC(=O)CC2CCCC2)cc2nc([C@@H]3CCCO3)n(C)c12. The van der Waals surface area contributed by atoms with Crippen molar-refractivity contribution in [1.29, 1.82) is 0 Å². The second-order valence-corrected chi connectivity index (χ2v) is 8.93. The fourth-order valence-electron chi connectivity index (χ4n) is 4.85. The van der Waals surface area contributed by atoms with Gasteiger partial charge in [0.25, 0.3) is 5.91 Å². The number of hydrogen-bond acceptors (Lipinski definition) is 4. The van der Waals surface area contributed by atoms with E-state index in [0.717, 1.165) is 56.5 Å². The minimum absolute atomic E-state index is 0.0128. The van der Waals surface area contributed by atoms with Gasteiger partial charge in [-0.05, 0) is 50.2 Å². The Morgan fingerprint density at radius 2 is 2.00 bits per heavy atom. The number of fused-ring (bicyclic) bond motifs is 1. The summed E-state index contributed by atoms with van der Waals surface area (Å²) in [7, 11) is 1.94. The third-order valence-corrected chi connectivity index (χ3v) is 6.51. The summed E-state index contributed by atoms with van der Waals surface area (Å²) in [6.07, 6.45) is 9.07. The lowest BCUT2D eigenvalue weighted by atomic mass is 10.0. The highest BCUT2D eigenvalue weighted by molar-refractivity contribution is 6.07. The van der Waals surface area contributed by atoms with Crippen LogP contribution in [0.4, 0.5) is 5.69 Å². The number of amides is 2. The number of unbranched alkanes of at least 4 members (excludes halogenated alkanes) is 1. The average Bonchev–Trinajstić information content (AvgIpc) is 3.49. The van der Waals surface area contributed by atoms with Crippen molar-refractivity contribution >= 4 is 28.5 Å². The molecule has 2 aliphatic rings. The van der Waals surface area contributed by atoms with Crippen LogP contribution in [0, 0.1) is 5.92 Å². The number of hydrogen-bond donors (Lipinski definition) is 2.